The number of hydrogen-bond acceptors (Lipinski definition) is 4. The molecule has 5 nitrogen and oxygen atoms in total. The van der Waals surface area contributed by atoms with Crippen molar-refractivity contribution in [3.8, 4) is 0 Å². The number of piperidine rings is 1. The maximum Gasteiger partial charge on any atom is 0.252 e. The summed E-state index contributed by atoms with van der Waals surface area (Å²) in [5, 5.41) is 0. The van der Waals surface area contributed by atoms with Gasteiger partial charge in [0.15, 0.2) is 0 Å². The van der Waals surface area contributed by atoms with Crippen LogP contribution >= 0.6 is 22.9 Å². The standard InChI is InChI=1S/C13H17ClN2O3S2/c14-11-3-4-13(20-11)21(18,19)15-8-5-10(6-9-15)16-7-1-2-12(16)17/h3-4,10H,1-2,5-9H2. The van der Waals surface area contributed by atoms with Gasteiger partial charge in [0, 0.05) is 32.1 Å². The van der Waals surface area contributed by atoms with Crippen LogP contribution in [0.4, 0.5) is 0 Å². The van der Waals surface area contributed by atoms with Crippen molar-refractivity contribution in [3.63, 3.8) is 0 Å². The molecule has 0 spiro atoms. The maximum atomic E-state index is 12.5. The molecule has 8 heteroatoms. The third kappa shape index (κ3) is 2.97. The Morgan fingerprint density at radius 2 is 1.90 bits per heavy atom. The molecule has 0 aromatic carbocycles. The fraction of sp³-hybridized carbons (Fsp3) is 0.615. The van der Waals surface area contributed by atoms with Gasteiger partial charge >= 0.3 is 0 Å². The lowest BCUT2D eigenvalue weighted by Gasteiger charge is -2.35. The van der Waals surface area contributed by atoms with Crippen LogP contribution in [0.25, 0.3) is 0 Å². The topological polar surface area (TPSA) is 57.7 Å². The van der Waals surface area contributed by atoms with Crippen molar-refractivity contribution in [3.05, 3.63) is 16.5 Å². The summed E-state index contributed by atoms with van der Waals surface area (Å²) in [6.45, 7) is 1.75. The van der Waals surface area contributed by atoms with Crippen LogP contribution in [-0.2, 0) is 14.8 Å². The van der Waals surface area contributed by atoms with E-state index in [4.69, 9.17) is 11.6 Å². The molecule has 2 aliphatic rings. The highest BCUT2D eigenvalue weighted by Crippen LogP contribution is 2.30. The van der Waals surface area contributed by atoms with Crippen molar-refractivity contribution in [1.82, 2.24) is 9.21 Å². The number of hydrogen-bond donors (Lipinski definition) is 0. The van der Waals surface area contributed by atoms with Gasteiger partial charge in [-0.05, 0) is 31.4 Å². The minimum atomic E-state index is -3.44. The quantitative estimate of drug-likeness (QED) is 0.841. The van der Waals surface area contributed by atoms with Crippen LogP contribution in [0.5, 0.6) is 0 Å². The van der Waals surface area contributed by atoms with Crippen LogP contribution < -0.4 is 0 Å². The first kappa shape index (κ1) is 15.3. The lowest BCUT2D eigenvalue weighted by Crippen LogP contribution is -2.46. The van der Waals surface area contributed by atoms with Crippen LogP contribution in [0.3, 0.4) is 0 Å². The van der Waals surface area contributed by atoms with E-state index in [2.05, 4.69) is 0 Å². The Labute approximate surface area is 133 Å². The first-order valence-electron chi connectivity index (χ1n) is 7.03. The van der Waals surface area contributed by atoms with Gasteiger partial charge in [-0.1, -0.05) is 11.6 Å². The van der Waals surface area contributed by atoms with Gasteiger partial charge in [-0.3, -0.25) is 4.79 Å². The molecule has 0 bridgehead atoms. The molecule has 0 atom stereocenters. The van der Waals surface area contributed by atoms with Crippen molar-refractivity contribution >= 4 is 38.9 Å². The number of sulfonamides is 1. The van der Waals surface area contributed by atoms with E-state index in [1.165, 1.54) is 4.31 Å². The molecule has 0 radical (unpaired) electrons. The number of thiophene rings is 1. The minimum Gasteiger partial charge on any atom is -0.340 e. The third-order valence-electron chi connectivity index (χ3n) is 4.12. The summed E-state index contributed by atoms with van der Waals surface area (Å²) in [5.41, 5.74) is 0. The first-order chi connectivity index (χ1) is 9.98. The lowest BCUT2D eigenvalue weighted by molar-refractivity contribution is -0.130. The fourth-order valence-electron chi connectivity index (χ4n) is 3.01. The summed E-state index contributed by atoms with van der Waals surface area (Å²) in [6, 6.07) is 3.35. The van der Waals surface area contributed by atoms with E-state index in [1.807, 2.05) is 4.90 Å². The average molecular weight is 349 g/mol. The number of nitrogens with zero attached hydrogens (tertiary/aromatic N) is 2. The molecule has 116 valence electrons. The van der Waals surface area contributed by atoms with Crippen molar-refractivity contribution < 1.29 is 13.2 Å². The Balaban J connectivity index is 1.67. The van der Waals surface area contributed by atoms with Gasteiger partial charge in [-0.2, -0.15) is 4.31 Å². The van der Waals surface area contributed by atoms with Gasteiger partial charge in [0.25, 0.3) is 10.0 Å². The molecule has 0 saturated carbocycles. The predicted octanol–water partition coefficient (Wildman–Crippen LogP) is 2.18. The van der Waals surface area contributed by atoms with Crippen molar-refractivity contribution in [1.29, 1.82) is 0 Å². The number of rotatable bonds is 3. The van der Waals surface area contributed by atoms with E-state index in [0.29, 0.717) is 40.9 Å². The second-order valence-corrected chi connectivity index (χ2v) is 9.26. The summed E-state index contributed by atoms with van der Waals surface area (Å²) < 4.78 is 27.3. The van der Waals surface area contributed by atoms with E-state index < -0.39 is 10.0 Å². The minimum absolute atomic E-state index is 0.193. The second kappa shape index (κ2) is 5.87. The summed E-state index contributed by atoms with van der Waals surface area (Å²) in [4.78, 5) is 13.7. The van der Waals surface area contributed by atoms with E-state index in [9.17, 15) is 13.2 Å². The Kier molecular flexibility index (Phi) is 4.27. The van der Waals surface area contributed by atoms with E-state index in [1.54, 1.807) is 12.1 Å². The zero-order valence-electron chi connectivity index (χ0n) is 11.5. The first-order valence-corrected chi connectivity index (χ1v) is 9.67. The van der Waals surface area contributed by atoms with Crippen LogP contribution in [0.1, 0.15) is 25.7 Å². The van der Waals surface area contributed by atoms with Gasteiger partial charge in [0.05, 0.1) is 4.34 Å². The second-order valence-electron chi connectivity index (χ2n) is 5.38. The Morgan fingerprint density at radius 3 is 2.43 bits per heavy atom. The summed E-state index contributed by atoms with van der Waals surface area (Å²) in [7, 11) is -3.44. The summed E-state index contributed by atoms with van der Waals surface area (Å²) in [5.74, 6) is 0.210. The number of amides is 1. The van der Waals surface area contributed by atoms with Gasteiger partial charge in [-0.15, -0.1) is 11.3 Å². The number of carbonyl (C=O) groups is 1. The fourth-order valence-corrected chi connectivity index (χ4v) is 6.12. The summed E-state index contributed by atoms with van der Waals surface area (Å²) in [6.07, 6.45) is 2.98. The van der Waals surface area contributed by atoms with Gasteiger partial charge in [0.2, 0.25) is 5.91 Å². The molecule has 0 N–H and O–H groups in total. The zero-order valence-corrected chi connectivity index (χ0v) is 13.9. The van der Waals surface area contributed by atoms with Gasteiger partial charge in [0.1, 0.15) is 4.21 Å². The zero-order chi connectivity index (χ0) is 15.0. The molecular formula is C13H17ClN2O3S2. The van der Waals surface area contributed by atoms with Gasteiger partial charge in [-0.25, -0.2) is 8.42 Å². The molecule has 1 aromatic heterocycles. The number of carbonyl (C=O) groups excluding carboxylic acids is 1. The lowest BCUT2D eigenvalue weighted by atomic mass is 10.1. The smallest absolute Gasteiger partial charge is 0.252 e. The van der Waals surface area contributed by atoms with Crippen LogP contribution in [0.2, 0.25) is 4.34 Å². The van der Waals surface area contributed by atoms with Crippen molar-refractivity contribution in [2.45, 2.75) is 35.9 Å². The Hall–Kier alpha value is -0.630. The number of halogens is 1. The molecule has 3 rings (SSSR count). The van der Waals surface area contributed by atoms with Crippen molar-refractivity contribution in [2.75, 3.05) is 19.6 Å². The highest BCUT2D eigenvalue weighted by Gasteiger charge is 2.35. The molecule has 2 fully saturated rings. The monoisotopic (exact) mass is 348 g/mol. The Morgan fingerprint density at radius 1 is 1.19 bits per heavy atom. The molecule has 2 aliphatic heterocycles. The number of likely N-dealkylation sites (tertiary alicyclic amines) is 1. The molecule has 3 heterocycles. The van der Waals surface area contributed by atoms with E-state index in [-0.39, 0.29) is 11.9 Å². The van der Waals surface area contributed by atoms with Crippen LogP contribution in [0.15, 0.2) is 16.3 Å². The predicted molar refractivity (Wildman–Crippen MR) is 82.1 cm³/mol. The highest BCUT2D eigenvalue weighted by molar-refractivity contribution is 7.91. The van der Waals surface area contributed by atoms with E-state index >= 15 is 0 Å². The SMILES string of the molecule is O=C1CCCN1C1CCN(S(=O)(=O)c2ccc(Cl)s2)CC1. The van der Waals surface area contributed by atoms with Crippen molar-refractivity contribution in [2.24, 2.45) is 0 Å². The highest BCUT2D eigenvalue weighted by atomic mass is 35.5. The molecular weight excluding hydrogens is 332 g/mol. The molecule has 0 aliphatic carbocycles. The molecule has 0 unspecified atom stereocenters. The Bertz CT molecular complexity index is 636. The molecule has 1 amide bonds. The summed E-state index contributed by atoms with van der Waals surface area (Å²) >= 11 is 6.91. The molecule has 1 aromatic rings. The van der Waals surface area contributed by atoms with Gasteiger partial charge < -0.3 is 4.90 Å². The maximum absolute atomic E-state index is 12.5. The molecule has 21 heavy (non-hydrogen) atoms. The van der Waals surface area contributed by atoms with E-state index in [0.717, 1.165) is 24.3 Å². The van der Waals surface area contributed by atoms with Crippen LogP contribution in [-0.4, -0.2) is 49.2 Å². The third-order valence-corrected chi connectivity index (χ3v) is 7.71. The van der Waals surface area contributed by atoms with Crippen LogP contribution in [0, 0.1) is 0 Å². The average Bonchev–Trinajstić information content (AvgIpc) is 3.08. The normalized spacial score (nSPS) is 22.1. The molecule has 2 saturated heterocycles. The largest absolute Gasteiger partial charge is 0.340 e.